The molecule has 6 nitrogen and oxygen atoms in total. The van der Waals surface area contributed by atoms with Crippen molar-refractivity contribution < 1.29 is 24.5 Å². The van der Waals surface area contributed by atoms with E-state index in [9.17, 15) is 19.8 Å². The summed E-state index contributed by atoms with van der Waals surface area (Å²) in [6, 6.07) is -0.624. The number of unbranched alkanes of at least 4 members (excludes halogenated alkanes) is 55. The molecule has 0 fully saturated rings. The van der Waals surface area contributed by atoms with Gasteiger partial charge in [-0.25, -0.2) is 0 Å². The Morgan fingerprint density at radius 3 is 0.895 bits per heavy atom. The highest BCUT2D eigenvalue weighted by Crippen LogP contribution is 2.19. The number of hydrogen-bond donors (Lipinski definition) is 3. The van der Waals surface area contributed by atoms with Gasteiger partial charge >= 0.3 is 5.97 Å². The molecule has 3 N–H and O–H groups in total. The van der Waals surface area contributed by atoms with Gasteiger partial charge in [0.1, 0.15) is 0 Å². The number of ether oxygens (including phenoxy) is 1. The normalized spacial score (nSPS) is 12.5. The van der Waals surface area contributed by atoms with Gasteiger partial charge in [0.25, 0.3) is 0 Å². The fourth-order valence-corrected chi connectivity index (χ4v) is 11.2. The highest BCUT2D eigenvalue weighted by atomic mass is 16.5. The standard InChI is InChI=1S/C70H137NO5/c1-3-5-7-9-11-13-15-17-18-35-39-42-46-50-54-58-62-68(73)67(66-72)71-69(74)63-59-55-51-47-43-40-36-33-31-29-27-25-23-21-19-20-22-24-26-28-30-32-34-37-41-45-49-53-57-61-65-76-70(75)64-60-56-52-48-44-38-16-14-12-10-8-6-4-2/h58,62,67-68,72-73H,3-57,59-61,63-66H2,1-2H3,(H,71,74)/b62-58+. The van der Waals surface area contributed by atoms with E-state index in [0.29, 0.717) is 19.4 Å². The molecule has 0 saturated carbocycles. The molecule has 0 saturated heterocycles. The zero-order valence-electron chi connectivity index (χ0n) is 51.8. The van der Waals surface area contributed by atoms with Crippen molar-refractivity contribution in [1.82, 2.24) is 5.32 Å². The van der Waals surface area contributed by atoms with E-state index >= 15 is 0 Å². The summed E-state index contributed by atoms with van der Waals surface area (Å²) in [4.78, 5) is 24.5. The van der Waals surface area contributed by atoms with E-state index in [1.54, 1.807) is 6.08 Å². The molecule has 0 aliphatic heterocycles. The number of carbonyl (C=O) groups excluding carboxylic acids is 2. The first-order valence-corrected chi connectivity index (χ1v) is 35.0. The van der Waals surface area contributed by atoms with Crippen molar-refractivity contribution in [2.24, 2.45) is 0 Å². The Hall–Kier alpha value is -1.40. The molecule has 0 spiro atoms. The van der Waals surface area contributed by atoms with Gasteiger partial charge in [-0.3, -0.25) is 9.59 Å². The van der Waals surface area contributed by atoms with Crippen LogP contribution in [0.1, 0.15) is 399 Å². The number of aliphatic hydroxyl groups excluding tert-OH is 2. The minimum absolute atomic E-state index is 0.0221. The van der Waals surface area contributed by atoms with Crippen molar-refractivity contribution in [3.05, 3.63) is 12.2 Å². The Morgan fingerprint density at radius 1 is 0.355 bits per heavy atom. The molecule has 6 heteroatoms. The van der Waals surface area contributed by atoms with Gasteiger partial charge in [0, 0.05) is 12.8 Å². The van der Waals surface area contributed by atoms with Crippen molar-refractivity contribution in [1.29, 1.82) is 0 Å². The van der Waals surface area contributed by atoms with Crippen LogP contribution in [0.3, 0.4) is 0 Å². The monoisotopic (exact) mass is 1070 g/mol. The van der Waals surface area contributed by atoms with E-state index in [-0.39, 0.29) is 18.5 Å². The highest BCUT2D eigenvalue weighted by Gasteiger charge is 2.18. The van der Waals surface area contributed by atoms with E-state index < -0.39 is 12.1 Å². The Morgan fingerprint density at radius 2 is 0.605 bits per heavy atom. The van der Waals surface area contributed by atoms with Gasteiger partial charge in [0.2, 0.25) is 5.91 Å². The number of hydrogen-bond acceptors (Lipinski definition) is 5. The molecule has 0 aromatic rings. The first-order chi connectivity index (χ1) is 37.5. The lowest BCUT2D eigenvalue weighted by molar-refractivity contribution is -0.143. The molecule has 2 atom stereocenters. The number of carbonyl (C=O) groups is 2. The molecule has 0 rings (SSSR count). The average Bonchev–Trinajstić information content (AvgIpc) is 3.42. The second-order valence-corrected chi connectivity index (χ2v) is 24.2. The number of aliphatic hydroxyl groups is 2. The van der Waals surface area contributed by atoms with Crippen LogP contribution >= 0.6 is 0 Å². The van der Waals surface area contributed by atoms with Gasteiger partial charge in [-0.15, -0.1) is 0 Å². The lowest BCUT2D eigenvalue weighted by atomic mass is 10.0. The summed E-state index contributed by atoms with van der Waals surface area (Å²) in [6.07, 6.45) is 81.5. The molecular formula is C70H137NO5. The quantitative estimate of drug-likeness (QED) is 0.0320. The van der Waals surface area contributed by atoms with Crippen LogP contribution in [0, 0.1) is 0 Å². The minimum atomic E-state index is -0.841. The third-order valence-corrected chi connectivity index (χ3v) is 16.6. The average molecular weight is 1070 g/mol. The summed E-state index contributed by atoms with van der Waals surface area (Å²) in [7, 11) is 0. The Balaban J connectivity index is 3.34. The predicted molar refractivity (Wildman–Crippen MR) is 333 cm³/mol. The molecule has 0 heterocycles. The van der Waals surface area contributed by atoms with Crippen LogP contribution in [0.25, 0.3) is 0 Å². The van der Waals surface area contributed by atoms with E-state index in [4.69, 9.17) is 4.74 Å². The zero-order valence-corrected chi connectivity index (χ0v) is 51.8. The van der Waals surface area contributed by atoms with Gasteiger partial charge in [-0.05, 0) is 32.1 Å². The third-order valence-electron chi connectivity index (χ3n) is 16.6. The summed E-state index contributed by atoms with van der Waals surface area (Å²) in [6.45, 7) is 4.94. The van der Waals surface area contributed by atoms with Crippen molar-refractivity contribution >= 4 is 11.9 Å². The maximum Gasteiger partial charge on any atom is 0.305 e. The number of esters is 1. The van der Waals surface area contributed by atoms with Crippen molar-refractivity contribution in [2.75, 3.05) is 13.2 Å². The molecule has 76 heavy (non-hydrogen) atoms. The van der Waals surface area contributed by atoms with Gasteiger partial charge in [0.15, 0.2) is 0 Å². The highest BCUT2D eigenvalue weighted by molar-refractivity contribution is 5.76. The second kappa shape index (κ2) is 66.1. The zero-order chi connectivity index (χ0) is 55.0. The molecule has 1 amide bonds. The molecule has 0 radical (unpaired) electrons. The van der Waals surface area contributed by atoms with E-state index in [1.165, 1.54) is 334 Å². The number of rotatable bonds is 66. The Bertz CT molecular complexity index is 1140. The van der Waals surface area contributed by atoms with Crippen LogP contribution < -0.4 is 5.32 Å². The molecule has 452 valence electrons. The van der Waals surface area contributed by atoms with Crippen LogP contribution in [-0.2, 0) is 14.3 Å². The van der Waals surface area contributed by atoms with Crippen LogP contribution in [0.4, 0.5) is 0 Å². The first-order valence-electron chi connectivity index (χ1n) is 35.0. The molecule has 0 aliphatic rings. The topological polar surface area (TPSA) is 95.9 Å². The van der Waals surface area contributed by atoms with Crippen LogP contribution in [0.5, 0.6) is 0 Å². The summed E-state index contributed by atoms with van der Waals surface area (Å²) in [5.74, 6) is -0.0387. The molecular weight excluding hydrogens is 935 g/mol. The Kier molecular flexibility index (Phi) is 64.9. The fourth-order valence-electron chi connectivity index (χ4n) is 11.2. The van der Waals surface area contributed by atoms with Crippen LogP contribution in [0.2, 0.25) is 0 Å². The molecule has 0 aliphatic carbocycles. The third kappa shape index (κ3) is 61.8. The molecule has 0 aromatic heterocycles. The van der Waals surface area contributed by atoms with Gasteiger partial charge in [0.05, 0.1) is 25.4 Å². The van der Waals surface area contributed by atoms with Gasteiger partial charge in [-0.2, -0.15) is 0 Å². The largest absolute Gasteiger partial charge is 0.466 e. The summed E-state index contributed by atoms with van der Waals surface area (Å²) in [5, 5.41) is 23.2. The number of nitrogens with one attached hydrogen (secondary N) is 1. The maximum absolute atomic E-state index is 12.5. The predicted octanol–water partition coefficient (Wildman–Crippen LogP) is 22.4. The first kappa shape index (κ1) is 74.6. The number of allylic oxidation sites excluding steroid dienone is 1. The minimum Gasteiger partial charge on any atom is -0.466 e. The maximum atomic E-state index is 12.5. The van der Waals surface area contributed by atoms with Crippen molar-refractivity contribution in [3.8, 4) is 0 Å². The number of amides is 1. The van der Waals surface area contributed by atoms with Crippen LogP contribution in [-0.4, -0.2) is 47.4 Å². The molecule has 2 unspecified atom stereocenters. The van der Waals surface area contributed by atoms with Crippen molar-refractivity contribution in [3.63, 3.8) is 0 Å². The van der Waals surface area contributed by atoms with E-state index in [0.717, 1.165) is 38.5 Å². The summed E-state index contributed by atoms with van der Waals surface area (Å²) < 4.78 is 5.49. The van der Waals surface area contributed by atoms with E-state index in [2.05, 4.69) is 19.2 Å². The van der Waals surface area contributed by atoms with E-state index in [1.807, 2.05) is 6.08 Å². The Labute approximate surface area is 476 Å². The van der Waals surface area contributed by atoms with Gasteiger partial charge in [-0.1, -0.05) is 366 Å². The lowest BCUT2D eigenvalue weighted by Crippen LogP contribution is -2.45. The lowest BCUT2D eigenvalue weighted by Gasteiger charge is -2.20. The summed E-state index contributed by atoms with van der Waals surface area (Å²) >= 11 is 0. The second-order valence-electron chi connectivity index (χ2n) is 24.2. The SMILES string of the molecule is CCCCCCCCCCCCCCCC/C=C/C(O)C(CO)NC(=O)CCCCCCCCCCCCCCCCCCCCCCCCCCCCCCCCOC(=O)CCCCCCCCCCCCCCC. The van der Waals surface area contributed by atoms with Crippen molar-refractivity contribution in [2.45, 2.75) is 411 Å². The fraction of sp³-hybridized carbons (Fsp3) is 0.943. The smallest absolute Gasteiger partial charge is 0.305 e. The summed E-state index contributed by atoms with van der Waals surface area (Å²) in [5.41, 5.74) is 0. The van der Waals surface area contributed by atoms with Crippen LogP contribution in [0.15, 0.2) is 12.2 Å². The molecule has 0 bridgehead atoms. The van der Waals surface area contributed by atoms with Gasteiger partial charge < -0.3 is 20.3 Å². The molecule has 0 aromatic carbocycles.